The van der Waals surface area contributed by atoms with Gasteiger partial charge in [-0.15, -0.1) is 11.6 Å². The van der Waals surface area contributed by atoms with Gasteiger partial charge in [-0.3, -0.25) is 4.68 Å². The third kappa shape index (κ3) is 3.72. The van der Waals surface area contributed by atoms with E-state index in [4.69, 9.17) is 11.6 Å². The molecule has 0 saturated heterocycles. The second kappa shape index (κ2) is 7.15. The zero-order valence-electron chi connectivity index (χ0n) is 11.2. The highest BCUT2D eigenvalue weighted by Gasteiger charge is 2.17. The van der Waals surface area contributed by atoms with E-state index in [0.29, 0.717) is 12.1 Å². The van der Waals surface area contributed by atoms with E-state index in [1.807, 2.05) is 0 Å². The van der Waals surface area contributed by atoms with Crippen molar-refractivity contribution in [3.05, 3.63) is 18.0 Å². The Bertz CT molecular complexity index is 345. The highest BCUT2D eigenvalue weighted by molar-refractivity contribution is 6.17. The molecular weight excluding hydrogens is 246 g/mol. The summed E-state index contributed by atoms with van der Waals surface area (Å²) < 4.78 is 2.16. The number of alkyl halides is 1. The molecule has 102 valence electrons. The zero-order chi connectivity index (χ0) is 12.8. The number of aromatic nitrogens is 2. The number of rotatable bonds is 7. The highest BCUT2D eigenvalue weighted by Crippen LogP contribution is 2.28. The SMILES string of the molecule is CCC(CCCl)NCc1ccn(C2CCCC2)n1. The van der Waals surface area contributed by atoms with Crippen molar-refractivity contribution in [2.75, 3.05) is 5.88 Å². The molecule has 1 fully saturated rings. The van der Waals surface area contributed by atoms with Crippen molar-refractivity contribution in [1.29, 1.82) is 0 Å². The summed E-state index contributed by atoms with van der Waals surface area (Å²) in [5.41, 5.74) is 1.15. The quantitative estimate of drug-likeness (QED) is 0.768. The Balaban J connectivity index is 1.82. The Morgan fingerprint density at radius 3 is 2.94 bits per heavy atom. The average molecular weight is 270 g/mol. The van der Waals surface area contributed by atoms with E-state index in [1.54, 1.807) is 0 Å². The van der Waals surface area contributed by atoms with Gasteiger partial charge in [-0.25, -0.2) is 0 Å². The van der Waals surface area contributed by atoms with E-state index in [0.717, 1.165) is 31.0 Å². The van der Waals surface area contributed by atoms with Crippen LogP contribution in [0.25, 0.3) is 0 Å². The molecule has 0 radical (unpaired) electrons. The van der Waals surface area contributed by atoms with Crippen LogP contribution in [0.15, 0.2) is 12.3 Å². The van der Waals surface area contributed by atoms with Crippen molar-refractivity contribution in [3.8, 4) is 0 Å². The van der Waals surface area contributed by atoms with Crippen LogP contribution in [0.4, 0.5) is 0 Å². The van der Waals surface area contributed by atoms with Crippen molar-refractivity contribution in [1.82, 2.24) is 15.1 Å². The van der Waals surface area contributed by atoms with E-state index in [-0.39, 0.29) is 0 Å². The van der Waals surface area contributed by atoms with E-state index in [9.17, 15) is 0 Å². The van der Waals surface area contributed by atoms with Crippen LogP contribution >= 0.6 is 11.6 Å². The lowest BCUT2D eigenvalue weighted by Crippen LogP contribution is -2.28. The predicted molar refractivity (Wildman–Crippen MR) is 76.0 cm³/mol. The second-order valence-electron chi connectivity index (χ2n) is 5.19. The molecule has 0 aromatic carbocycles. The van der Waals surface area contributed by atoms with Gasteiger partial charge in [0, 0.05) is 24.7 Å². The van der Waals surface area contributed by atoms with Crippen molar-refractivity contribution < 1.29 is 0 Å². The molecule has 1 heterocycles. The van der Waals surface area contributed by atoms with Gasteiger partial charge in [-0.05, 0) is 31.7 Å². The van der Waals surface area contributed by atoms with E-state index in [1.165, 1.54) is 25.7 Å². The van der Waals surface area contributed by atoms with Gasteiger partial charge in [-0.2, -0.15) is 5.10 Å². The maximum absolute atomic E-state index is 5.79. The lowest BCUT2D eigenvalue weighted by molar-refractivity contribution is 0.449. The standard InChI is InChI=1S/C14H24ClN3/c1-2-12(7-9-15)16-11-13-8-10-18(17-13)14-5-3-4-6-14/h8,10,12,14,16H,2-7,9,11H2,1H3. The van der Waals surface area contributed by atoms with Crippen LogP contribution < -0.4 is 5.32 Å². The molecule has 0 spiro atoms. The fraction of sp³-hybridized carbons (Fsp3) is 0.786. The number of halogens is 1. The van der Waals surface area contributed by atoms with Gasteiger partial charge >= 0.3 is 0 Å². The van der Waals surface area contributed by atoms with E-state index >= 15 is 0 Å². The maximum atomic E-state index is 5.79. The number of hydrogen-bond donors (Lipinski definition) is 1. The molecular formula is C14H24ClN3. The smallest absolute Gasteiger partial charge is 0.0762 e. The Kier molecular flexibility index (Phi) is 5.51. The Morgan fingerprint density at radius 2 is 2.28 bits per heavy atom. The lowest BCUT2D eigenvalue weighted by Gasteiger charge is -2.14. The van der Waals surface area contributed by atoms with Gasteiger partial charge in [0.25, 0.3) is 0 Å². The fourth-order valence-corrected chi connectivity index (χ4v) is 2.94. The van der Waals surface area contributed by atoms with Crippen molar-refractivity contribution in [2.45, 2.75) is 64.1 Å². The first-order valence-electron chi connectivity index (χ1n) is 7.17. The van der Waals surface area contributed by atoms with Crippen LogP contribution in [0.2, 0.25) is 0 Å². The average Bonchev–Trinajstić information content (AvgIpc) is 3.04. The maximum Gasteiger partial charge on any atom is 0.0762 e. The summed E-state index contributed by atoms with van der Waals surface area (Å²) in [6, 6.07) is 3.29. The molecule has 1 aromatic heterocycles. The monoisotopic (exact) mass is 269 g/mol. The Hall–Kier alpha value is -0.540. The van der Waals surface area contributed by atoms with Crippen LogP contribution in [0.1, 0.15) is 57.2 Å². The van der Waals surface area contributed by atoms with Crippen LogP contribution in [-0.2, 0) is 6.54 Å². The summed E-state index contributed by atoms with van der Waals surface area (Å²) in [7, 11) is 0. The minimum absolute atomic E-state index is 0.513. The fourth-order valence-electron chi connectivity index (χ4n) is 2.67. The van der Waals surface area contributed by atoms with Crippen LogP contribution in [-0.4, -0.2) is 21.7 Å². The van der Waals surface area contributed by atoms with Gasteiger partial charge < -0.3 is 5.32 Å². The summed E-state index contributed by atoms with van der Waals surface area (Å²) in [5.74, 6) is 0.724. The molecule has 1 aliphatic rings. The van der Waals surface area contributed by atoms with Crippen molar-refractivity contribution in [2.24, 2.45) is 0 Å². The molecule has 1 aliphatic carbocycles. The van der Waals surface area contributed by atoms with Crippen LogP contribution in [0, 0.1) is 0 Å². The molecule has 0 amide bonds. The normalized spacial score (nSPS) is 18.3. The summed E-state index contributed by atoms with van der Waals surface area (Å²) in [5, 5.41) is 8.21. The first kappa shape index (κ1) is 13.9. The molecule has 1 aromatic rings. The molecule has 3 nitrogen and oxygen atoms in total. The molecule has 1 atom stereocenters. The number of hydrogen-bond acceptors (Lipinski definition) is 2. The topological polar surface area (TPSA) is 29.9 Å². The van der Waals surface area contributed by atoms with Gasteiger partial charge in [0.2, 0.25) is 0 Å². The zero-order valence-corrected chi connectivity index (χ0v) is 12.0. The predicted octanol–water partition coefficient (Wildman–Crippen LogP) is 3.50. The lowest BCUT2D eigenvalue weighted by atomic mass is 10.2. The molecule has 18 heavy (non-hydrogen) atoms. The molecule has 2 rings (SSSR count). The first-order valence-corrected chi connectivity index (χ1v) is 7.70. The van der Waals surface area contributed by atoms with Gasteiger partial charge in [-0.1, -0.05) is 19.8 Å². The van der Waals surface area contributed by atoms with E-state index < -0.39 is 0 Å². The van der Waals surface area contributed by atoms with Gasteiger partial charge in [0.05, 0.1) is 11.7 Å². The highest BCUT2D eigenvalue weighted by atomic mass is 35.5. The van der Waals surface area contributed by atoms with Crippen LogP contribution in [0.3, 0.4) is 0 Å². The summed E-state index contributed by atoms with van der Waals surface area (Å²) >= 11 is 5.79. The Labute approximate surface area is 115 Å². The van der Waals surface area contributed by atoms with Crippen molar-refractivity contribution >= 4 is 11.6 Å². The molecule has 1 saturated carbocycles. The minimum atomic E-state index is 0.513. The summed E-state index contributed by atoms with van der Waals surface area (Å²) in [4.78, 5) is 0. The van der Waals surface area contributed by atoms with Gasteiger partial charge in [0.1, 0.15) is 0 Å². The molecule has 4 heteroatoms. The molecule has 1 unspecified atom stereocenters. The van der Waals surface area contributed by atoms with Crippen LogP contribution in [0.5, 0.6) is 0 Å². The Morgan fingerprint density at radius 1 is 1.50 bits per heavy atom. The second-order valence-corrected chi connectivity index (χ2v) is 5.57. The van der Waals surface area contributed by atoms with Gasteiger partial charge in [0.15, 0.2) is 0 Å². The minimum Gasteiger partial charge on any atom is -0.308 e. The number of nitrogens with one attached hydrogen (secondary N) is 1. The molecule has 0 aliphatic heterocycles. The van der Waals surface area contributed by atoms with Crippen molar-refractivity contribution in [3.63, 3.8) is 0 Å². The largest absolute Gasteiger partial charge is 0.308 e. The number of nitrogens with zero attached hydrogens (tertiary/aromatic N) is 2. The third-order valence-corrected chi connectivity index (χ3v) is 4.10. The van der Waals surface area contributed by atoms with E-state index in [2.05, 4.69) is 34.3 Å². The third-order valence-electron chi connectivity index (χ3n) is 3.88. The summed E-state index contributed by atoms with van der Waals surface area (Å²) in [6.45, 7) is 3.05. The first-order chi connectivity index (χ1) is 8.83. The summed E-state index contributed by atoms with van der Waals surface area (Å²) in [6.07, 6.45) is 9.57. The molecule has 1 N–H and O–H groups in total. The molecule has 0 bridgehead atoms.